The van der Waals surface area contributed by atoms with E-state index in [1.165, 1.54) is 20.7 Å². The molecule has 0 aliphatic heterocycles. The van der Waals surface area contributed by atoms with Crippen molar-refractivity contribution in [1.82, 2.24) is 0 Å². The van der Waals surface area contributed by atoms with E-state index in [0.717, 1.165) is 10.6 Å². The van der Waals surface area contributed by atoms with Crippen molar-refractivity contribution in [3.8, 4) is 0 Å². The van der Waals surface area contributed by atoms with Gasteiger partial charge in [0.05, 0.1) is 0 Å². The van der Waals surface area contributed by atoms with Crippen molar-refractivity contribution in [1.29, 1.82) is 0 Å². The third-order valence-electron chi connectivity index (χ3n) is 6.24. The highest BCUT2D eigenvalue weighted by Gasteiger charge is 2.41. The van der Waals surface area contributed by atoms with Crippen LogP contribution in [0.25, 0.3) is 0 Å². The Morgan fingerprint density at radius 3 is 1.06 bits per heavy atom. The number of rotatable bonds is 6. The molecule has 0 saturated heterocycles. The molecule has 0 N–H and O–H groups in total. The van der Waals surface area contributed by atoms with Crippen molar-refractivity contribution in [2.45, 2.75) is 0 Å². The van der Waals surface area contributed by atoms with Gasteiger partial charge >= 0.3 is 0 Å². The maximum Gasteiger partial charge on any atom is 0.179 e. The highest BCUT2D eigenvalue weighted by Crippen LogP contribution is 2.19. The van der Waals surface area contributed by atoms with Crippen LogP contribution in [0.3, 0.4) is 0 Å². The first-order chi connectivity index (χ1) is 16.3. The van der Waals surface area contributed by atoms with E-state index in [1.807, 2.05) is 30.3 Å². The predicted octanol–water partition coefficient (Wildman–Crippen LogP) is 3.57. The predicted molar refractivity (Wildman–Crippen MR) is 145 cm³/mol. The van der Waals surface area contributed by atoms with E-state index in [1.54, 1.807) is 0 Å². The molecule has 0 saturated carbocycles. The van der Waals surface area contributed by atoms with Crippen LogP contribution in [-0.2, 0) is 4.57 Å². The van der Waals surface area contributed by atoms with Crippen LogP contribution in [0.5, 0.6) is 0 Å². The first-order valence-electron chi connectivity index (χ1n) is 11.2. The summed E-state index contributed by atoms with van der Waals surface area (Å²) in [6, 6.07) is 50.9. The van der Waals surface area contributed by atoms with Crippen LogP contribution < -0.4 is 31.4 Å². The monoisotopic (exact) mass is 460 g/mol. The smallest absolute Gasteiger partial charge is 0.179 e. The molecule has 160 valence electrons. The number of hydrogen-bond donors (Lipinski definition) is 0. The van der Waals surface area contributed by atoms with E-state index in [0.29, 0.717) is 0 Å². The lowest BCUT2D eigenvalue weighted by atomic mass is 10.3. The molecule has 1 unspecified atom stereocenters. The molecule has 5 aromatic carbocycles. The third-order valence-corrected chi connectivity index (χ3v) is 12.7. The average Bonchev–Trinajstić information content (AvgIpc) is 2.91. The summed E-state index contributed by atoms with van der Waals surface area (Å²) < 4.78 is 13.2. The molecule has 3 heteroatoms. The summed E-state index contributed by atoms with van der Waals surface area (Å²) in [5.41, 5.74) is 0. The molecule has 1 nitrogen and oxygen atoms in total. The first kappa shape index (κ1) is 21.4. The number of hydrogen-bond acceptors (Lipinski definition) is 1. The second-order valence-electron chi connectivity index (χ2n) is 8.12. The molecular formula is C30H25OPSi. The van der Waals surface area contributed by atoms with Gasteiger partial charge in [0.2, 0.25) is 0 Å². The quantitative estimate of drug-likeness (QED) is 0.215. The molecule has 0 radical (unpaired) electrons. The molecule has 5 rings (SSSR count). The van der Waals surface area contributed by atoms with Gasteiger partial charge in [-0.15, -0.1) is 0 Å². The van der Waals surface area contributed by atoms with Gasteiger partial charge < -0.3 is 4.57 Å². The maximum absolute atomic E-state index is 13.2. The molecule has 0 aliphatic carbocycles. The van der Waals surface area contributed by atoms with Crippen LogP contribution in [-0.4, -0.2) is 8.07 Å². The highest BCUT2D eigenvalue weighted by molar-refractivity contribution is 7.61. The van der Waals surface area contributed by atoms with Gasteiger partial charge in [0.25, 0.3) is 0 Å². The first-order valence-corrected chi connectivity index (χ1v) is 14.6. The molecule has 33 heavy (non-hydrogen) atoms. The van der Waals surface area contributed by atoms with Gasteiger partial charge in [-0.1, -0.05) is 146 Å². The Bertz CT molecular complexity index is 1240. The second kappa shape index (κ2) is 9.58. The lowest BCUT2D eigenvalue weighted by molar-refractivity contribution is 0.598. The topological polar surface area (TPSA) is 17.1 Å². The van der Waals surface area contributed by atoms with E-state index < -0.39 is 15.9 Å². The van der Waals surface area contributed by atoms with Gasteiger partial charge in [-0.2, -0.15) is 0 Å². The zero-order valence-corrected chi connectivity index (χ0v) is 20.3. The molecule has 0 bridgehead atoms. The van der Waals surface area contributed by atoms with Gasteiger partial charge in [-0.3, -0.25) is 0 Å². The van der Waals surface area contributed by atoms with Gasteiger partial charge in [0.15, 0.2) is 8.07 Å². The van der Waals surface area contributed by atoms with Crippen LogP contribution in [0, 0.1) is 0 Å². The zero-order valence-electron chi connectivity index (χ0n) is 18.3. The molecule has 0 heterocycles. The fourth-order valence-corrected chi connectivity index (χ4v) is 10.7. The Morgan fingerprint density at radius 2 is 0.667 bits per heavy atom. The van der Waals surface area contributed by atoms with Crippen molar-refractivity contribution in [3.63, 3.8) is 0 Å². The van der Waals surface area contributed by atoms with Gasteiger partial charge in [0, 0.05) is 10.6 Å². The van der Waals surface area contributed by atoms with Crippen LogP contribution >= 0.6 is 7.80 Å². The Balaban J connectivity index is 1.72. The minimum Gasteiger partial charge on any atom is -0.317 e. The lowest BCUT2D eigenvalue weighted by Gasteiger charge is -2.34. The maximum atomic E-state index is 13.2. The van der Waals surface area contributed by atoms with E-state index in [2.05, 4.69) is 115 Å². The van der Waals surface area contributed by atoms with Crippen molar-refractivity contribution in [3.05, 3.63) is 146 Å². The summed E-state index contributed by atoms with van der Waals surface area (Å²) in [6.07, 6.45) is 0. The summed E-state index contributed by atoms with van der Waals surface area (Å²) in [5, 5.41) is 7.10. The SMILES string of the molecule is O=[PH](c1ccccc1)c1ccc([Si](c2ccccc2)(c2ccccc2)c2ccccc2)cc1. The minimum atomic E-state index is -2.53. The molecule has 0 spiro atoms. The van der Waals surface area contributed by atoms with Crippen LogP contribution in [0.4, 0.5) is 0 Å². The second-order valence-corrected chi connectivity index (χ2v) is 13.7. The molecule has 0 amide bonds. The van der Waals surface area contributed by atoms with E-state index in [-0.39, 0.29) is 0 Å². The third kappa shape index (κ3) is 4.04. The van der Waals surface area contributed by atoms with Crippen LogP contribution in [0.15, 0.2) is 146 Å². The van der Waals surface area contributed by atoms with Gasteiger partial charge in [0.1, 0.15) is 7.80 Å². The lowest BCUT2D eigenvalue weighted by Crippen LogP contribution is -2.74. The van der Waals surface area contributed by atoms with Crippen molar-refractivity contribution < 1.29 is 4.57 Å². The molecule has 0 aliphatic rings. The normalized spacial score (nSPS) is 12.2. The average molecular weight is 461 g/mol. The molecule has 1 atom stereocenters. The fraction of sp³-hybridized carbons (Fsp3) is 0. The van der Waals surface area contributed by atoms with E-state index >= 15 is 0 Å². The molecule has 5 aromatic rings. The van der Waals surface area contributed by atoms with Gasteiger partial charge in [-0.05, 0) is 20.7 Å². The molecule has 0 fully saturated rings. The Labute approximate surface area is 197 Å². The summed E-state index contributed by atoms with van der Waals surface area (Å²) in [4.78, 5) is 0. The summed E-state index contributed by atoms with van der Waals surface area (Å²) in [5.74, 6) is 0. The molecule has 0 aromatic heterocycles. The Hall–Kier alpha value is -3.45. The largest absolute Gasteiger partial charge is 0.317 e. The minimum absolute atomic E-state index is 0.895. The molecular weight excluding hydrogens is 435 g/mol. The Morgan fingerprint density at radius 1 is 0.364 bits per heavy atom. The van der Waals surface area contributed by atoms with Crippen LogP contribution in [0.2, 0.25) is 0 Å². The number of benzene rings is 5. The van der Waals surface area contributed by atoms with Crippen molar-refractivity contribution in [2.75, 3.05) is 0 Å². The fourth-order valence-electron chi connectivity index (χ4n) is 4.69. The van der Waals surface area contributed by atoms with Crippen molar-refractivity contribution >= 4 is 47.2 Å². The van der Waals surface area contributed by atoms with Crippen LogP contribution in [0.1, 0.15) is 0 Å². The van der Waals surface area contributed by atoms with E-state index in [4.69, 9.17) is 0 Å². The zero-order chi connectivity index (χ0) is 22.5. The summed E-state index contributed by atoms with van der Waals surface area (Å²) in [7, 11) is -4.56. The standard InChI is InChI=1S/C30H25OPSi/c31-32(25-13-5-1-6-14-25)26-21-23-30(24-22-26)33(27-15-7-2-8-16-27,28-17-9-3-10-18-28)29-19-11-4-12-20-29/h1-24,32H. The summed E-state index contributed by atoms with van der Waals surface area (Å²) in [6.45, 7) is 0. The summed E-state index contributed by atoms with van der Waals surface area (Å²) >= 11 is 0. The Kier molecular flexibility index (Phi) is 6.21. The highest BCUT2D eigenvalue weighted by atomic mass is 31.1. The van der Waals surface area contributed by atoms with Crippen molar-refractivity contribution in [2.24, 2.45) is 0 Å². The van der Waals surface area contributed by atoms with Gasteiger partial charge in [-0.25, -0.2) is 0 Å². The van der Waals surface area contributed by atoms with E-state index in [9.17, 15) is 4.57 Å².